The lowest BCUT2D eigenvalue weighted by Gasteiger charge is -2.01. The first-order valence-corrected chi connectivity index (χ1v) is 8.70. The number of aromatic amines is 1. The number of fused-ring (bicyclic) bond motifs is 1. The van der Waals surface area contributed by atoms with Crippen LogP contribution in [0.25, 0.3) is 21.3 Å². The number of hydrogen-bond acceptors (Lipinski definition) is 3. The minimum atomic E-state index is -0.298. The first-order valence-electron chi connectivity index (χ1n) is 7.82. The van der Waals surface area contributed by atoms with E-state index in [1.54, 1.807) is 12.1 Å². The van der Waals surface area contributed by atoms with Crippen LogP contribution in [0.5, 0.6) is 0 Å². The van der Waals surface area contributed by atoms with Gasteiger partial charge < -0.3 is 4.98 Å². The van der Waals surface area contributed by atoms with Gasteiger partial charge >= 0.3 is 0 Å². The molecule has 1 aromatic carbocycles. The van der Waals surface area contributed by atoms with Crippen LogP contribution in [0, 0.1) is 12.7 Å². The van der Waals surface area contributed by atoms with Crippen molar-refractivity contribution >= 4 is 21.6 Å². The maximum Gasteiger partial charge on any atom is 0.260 e. The summed E-state index contributed by atoms with van der Waals surface area (Å²) in [6.07, 6.45) is 3.91. The second-order valence-electron chi connectivity index (χ2n) is 5.90. The summed E-state index contributed by atoms with van der Waals surface area (Å²) in [5.41, 5.74) is 2.59. The van der Waals surface area contributed by atoms with E-state index >= 15 is 0 Å². The van der Waals surface area contributed by atoms with Crippen molar-refractivity contribution in [3.8, 4) is 11.1 Å². The highest BCUT2D eigenvalue weighted by Gasteiger charge is 2.14. The van der Waals surface area contributed by atoms with Gasteiger partial charge in [-0.05, 0) is 30.2 Å². The van der Waals surface area contributed by atoms with Crippen molar-refractivity contribution in [1.29, 1.82) is 0 Å². The molecule has 0 saturated heterocycles. The molecule has 0 spiro atoms. The van der Waals surface area contributed by atoms with E-state index in [2.05, 4.69) is 9.97 Å². The minimum Gasteiger partial charge on any atom is -0.305 e. The highest BCUT2D eigenvalue weighted by Crippen LogP contribution is 2.30. The van der Waals surface area contributed by atoms with E-state index in [-0.39, 0.29) is 11.4 Å². The SMILES string of the molecule is Cc1cc[n+](Cc2nc3scc(-c4ccc(F)cc4)c3c(=O)[nH]2)cc1. The maximum atomic E-state index is 13.1. The van der Waals surface area contributed by atoms with Gasteiger partial charge in [-0.3, -0.25) is 4.79 Å². The molecule has 124 valence electrons. The first-order chi connectivity index (χ1) is 12.1. The zero-order chi connectivity index (χ0) is 17.4. The third kappa shape index (κ3) is 3.08. The number of thiophene rings is 1. The Labute approximate surface area is 147 Å². The Bertz CT molecular complexity index is 1100. The molecule has 0 unspecified atom stereocenters. The summed E-state index contributed by atoms with van der Waals surface area (Å²) in [4.78, 5) is 20.7. The number of nitrogens with zero attached hydrogens (tertiary/aromatic N) is 2. The van der Waals surface area contributed by atoms with Gasteiger partial charge in [0, 0.05) is 23.1 Å². The standard InChI is InChI=1S/C19H14FN3OS/c1-12-6-8-23(9-7-12)10-16-21-18(24)17-15(11-25-19(17)22-16)13-2-4-14(20)5-3-13/h2-9,11H,10H2,1H3/p+1. The molecule has 3 aromatic heterocycles. The van der Waals surface area contributed by atoms with Crippen molar-refractivity contribution in [3.63, 3.8) is 0 Å². The van der Waals surface area contributed by atoms with Gasteiger partial charge in [0.05, 0.1) is 5.39 Å². The Hall–Kier alpha value is -2.86. The second-order valence-corrected chi connectivity index (χ2v) is 6.75. The smallest absolute Gasteiger partial charge is 0.260 e. The minimum absolute atomic E-state index is 0.173. The molecule has 0 saturated carbocycles. The molecular weight excluding hydrogens is 337 g/mol. The molecular formula is C19H15FN3OS+. The van der Waals surface area contributed by atoms with E-state index in [0.29, 0.717) is 22.6 Å². The number of benzene rings is 1. The highest BCUT2D eigenvalue weighted by atomic mass is 32.1. The fourth-order valence-corrected chi connectivity index (χ4v) is 3.69. The number of rotatable bonds is 3. The zero-order valence-corrected chi connectivity index (χ0v) is 14.3. The Morgan fingerprint density at radius 3 is 2.60 bits per heavy atom. The van der Waals surface area contributed by atoms with Gasteiger partial charge in [0.2, 0.25) is 6.54 Å². The number of aryl methyl sites for hydroxylation is 1. The van der Waals surface area contributed by atoms with Crippen LogP contribution in [0.2, 0.25) is 0 Å². The van der Waals surface area contributed by atoms with Crippen molar-refractivity contribution in [2.75, 3.05) is 0 Å². The molecule has 25 heavy (non-hydrogen) atoms. The van der Waals surface area contributed by atoms with E-state index in [1.165, 1.54) is 29.0 Å². The van der Waals surface area contributed by atoms with Crippen molar-refractivity contribution in [2.45, 2.75) is 13.5 Å². The predicted octanol–water partition coefficient (Wildman–Crippen LogP) is 3.43. The predicted molar refractivity (Wildman–Crippen MR) is 96.1 cm³/mol. The number of nitrogens with one attached hydrogen (secondary N) is 1. The van der Waals surface area contributed by atoms with Gasteiger partial charge in [-0.15, -0.1) is 11.3 Å². The van der Waals surface area contributed by atoms with Gasteiger partial charge in [-0.2, -0.15) is 4.57 Å². The van der Waals surface area contributed by atoms with E-state index in [9.17, 15) is 9.18 Å². The normalized spacial score (nSPS) is 11.1. The average molecular weight is 352 g/mol. The zero-order valence-electron chi connectivity index (χ0n) is 13.5. The van der Waals surface area contributed by atoms with Crippen LogP contribution in [0.15, 0.2) is 59.0 Å². The van der Waals surface area contributed by atoms with Crippen molar-refractivity contribution in [2.24, 2.45) is 0 Å². The summed E-state index contributed by atoms with van der Waals surface area (Å²) in [7, 11) is 0. The number of pyridine rings is 1. The largest absolute Gasteiger partial charge is 0.305 e. The quantitative estimate of drug-likeness (QED) is 0.574. The summed E-state index contributed by atoms with van der Waals surface area (Å²) in [6.45, 7) is 2.52. The lowest BCUT2D eigenvalue weighted by molar-refractivity contribution is -0.689. The lowest BCUT2D eigenvalue weighted by Crippen LogP contribution is -2.35. The van der Waals surface area contributed by atoms with Crippen LogP contribution in [0.3, 0.4) is 0 Å². The summed E-state index contributed by atoms with van der Waals surface area (Å²) in [5.74, 6) is 0.312. The summed E-state index contributed by atoms with van der Waals surface area (Å²) < 4.78 is 15.1. The van der Waals surface area contributed by atoms with Crippen molar-refractivity contribution in [1.82, 2.24) is 9.97 Å². The molecule has 0 aliphatic heterocycles. The summed E-state index contributed by atoms with van der Waals surface area (Å²) in [5, 5.41) is 2.44. The van der Waals surface area contributed by atoms with Crippen LogP contribution in [-0.2, 0) is 6.54 Å². The molecule has 0 aliphatic rings. The molecule has 4 aromatic rings. The van der Waals surface area contributed by atoms with Crippen LogP contribution in [0.1, 0.15) is 11.4 Å². The lowest BCUT2D eigenvalue weighted by atomic mass is 10.1. The van der Waals surface area contributed by atoms with Gasteiger partial charge in [-0.1, -0.05) is 12.1 Å². The van der Waals surface area contributed by atoms with E-state index in [1.807, 2.05) is 41.4 Å². The van der Waals surface area contributed by atoms with Crippen molar-refractivity contribution in [3.05, 3.63) is 81.7 Å². The molecule has 4 nitrogen and oxygen atoms in total. The Morgan fingerprint density at radius 1 is 1.16 bits per heavy atom. The molecule has 3 heterocycles. The fraction of sp³-hybridized carbons (Fsp3) is 0.105. The summed E-state index contributed by atoms with van der Waals surface area (Å²) in [6, 6.07) is 10.1. The Morgan fingerprint density at radius 2 is 1.88 bits per heavy atom. The highest BCUT2D eigenvalue weighted by molar-refractivity contribution is 7.17. The Balaban J connectivity index is 1.75. The third-order valence-corrected chi connectivity index (χ3v) is 4.91. The van der Waals surface area contributed by atoms with Crippen LogP contribution in [-0.4, -0.2) is 9.97 Å². The van der Waals surface area contributed by atoms with Crippen LogP contribution >= 0.6 is 11.3 Å². The molecule has 6 heteroatoms. The number of aromatic nitrogens is 3. The third-order valence-electron chi connectivity index (χ3n) is 4.04. The summed E-state index contributed by atoms with van der Waals surface area (Å²) >= 11 is 1.42. The average Bonchev–Trinajstić information content (AvgIpc) is 3.02. The number of H-pyrrole nitrogens is 1. The second kappa shape index (κ2) is 6.22. The molecule has 0 fully saturated rings. The topological polar surface area (TPSA) is 49.6 Å². The molecule has 0 atom stereocenters. The first kappa shape index (κ1) is 15.7. The van der Waals surface area contributed by atoms with E-state index in [0.717, 1.165) is 11.1 Å². The molecule has 1 N–H and O–H groups in total. The molecule has 0 aliphatic carbocycles. The monoisotopic (exact) mass is 352 g/mol. The molecule has 0 amide bonds. The van der Waals surface area contributed by atoms with Gasteiger partial charge in [0.15, 0.2) is 18.2 Å². The van der Waals surface area contributed by atoms with Gasteiger partial charge in [0.25, 0.3) is 5.56 Å². The number of hydrogen-bond donors (Lipinski definition) is 1. The van der Waals surface area contributed by atoms with Crippen LogP contribution < -0.4 is 10.1 Å². The van der Waals surface area contributed by atoms with Crippen molar-refractivity contribution < 1.29 is 8.96 Å². The molecule has 4 rings (SSSR count). The fourth-order valence-electron chi connectivity index (χ4n) is 2.72. The molecule has 0 radical (unpaired) electrons. The Kier molecular flexibility index (Phi) is 3.89. The van der Waals surface area contributed by atoms with E-state index < -0.39 is 0 Å². The van der Waals surface area contributed by atoms with Gasteiger partial charge in [-0.25, -0.2) is 9.37 Å². The van der Waals surface area contributed by atoms with Gasteiger partial charge in [0.1, 0.15) is 10.6 Å². The van der Waals surface area contributed by atoms with Crippen LogP contribution in [0.4, 0.5) is 4.39 Å². The molecule has 0 bridgehead atoms. The maximum absolute atomic E-state index is 13.1. The number of halogens is 1. The van der Waals surface area contributed by atoms with E-state index in [4.69, 9.17) is 0 Å².